The molecule has 1 aromatic carbocycles. The van der Waals surface area contributed by atoms with Crippen LogP contribution in [0.1, 0.15) is 36.0 Å². The summed E-state index contributed by atoms with van der Waals surface area (Å²) in [6.07, 6.45) is -1.54. The Bertz CT molecular complexity index is 895. The van der Waals surface area contributed by atoms with Crippen LogP contribution in [0.2, 0.25) is 0 Å². The van der Waals surface area contributed by atoms with Gasteiger partial charge in [0.15, 0.2) is 0 Å². The standard InChI is InChI=1S/C25H34F3N3O2/c1-7-18(14-29-4)22(24(8-9-24)25(26,27)28)13-23(33)30-15-19(31(5)6)12-21-16(2)10-20(32)11-17(21)3/h7,10-11,14,19,22,32H,1,4,8-9,12-13,15H2,2-3,5-6H3,(H,30,33)/b18-14+. The average molecular weight is 466 g/mol. The van der Waals surface area contributed by atoms with E-state index in [1.54, 1.807) is 12.1 Å². The van der Waals surface area contributed by atoms with Crippen LogP contribution in [0.4, 0.5) is 13.2 Å². The fraction of sp³-hybridized carbons (Fsp3) is 0.520. The minimum Gasteiger partial charge on any atom is -0.508 e. The number of likely N-dealkylation sites (N-methyl/N-ethyl adjacent to an activating group) is 1. The summed E-state index contributed by atoms with van der Waals surface area (Å²) in [5, 5.41) is 12.6. The van der Waals surface area contributed by atoms with Gasteiger partial charge in [0.05, 0.1) is 5.41 Å². The summed E-state index contributed by atoms with van der Waals surface area (Å²) < 4.78 is 41.5. The lowest BCUT2D eigenvalue weighted by molar-refractivity contribution is -0.199. The van der Waals surface area contributed by atoms with Crippen LogP contribution in [0, 0.1) is 25.2 Å². The van der Waals surface area contributed by atoms with Gasteiger partial charge < -0.3 is 15.3 Å². The van der Waals surface area contributed by atoms with Gasteiger partial charge >= 0.3 is 6.18 Å². The number of amides is 1. The van der Waals surface area contributed by atoms with E-state index in [1.165, 1.54) is 12.3 Å². The van der Waals surface area contributed by atoms with Gasteiger partial charge in [-0.15, -0.1) is 0 Å². The van der Waals surface area contributed by atoms with Gasteiger partial charge in [-0.2, -0.15) is 13.2 Å². The third-order valence-electron chi connectivity index (χ3n) is 6.67. The molecule has 1 aliphatic carbocycles. The van der Waals surface area contributed by atoms with Crippen molar-refractivity contribution < 1.29 is 23.1 Å². The lowest BCUT2D eigenvalue weighted by atomic mass is 9.79. The monoisotopic (exact) mass is 465 g/mol. The van der Waals surface area contributed by atoms with Crippen LogP contribution >= 0.6 is 0 Å². The van der Waals surface area contributed by atoms with Crippen LogP contribution in [0.25, 0.3) is 0 Å². The Balaban J connectivity index is 2.15. The van der Waals surface area contributed by atoms with Crippen LogP contribution < -0.4 is 5.32 Å². The Hall–Kier alpha value is -2.61. The third kappa shape index (κ3) is 6.25. The number of allylic oxidation sites excluding steroid dienone is 2. The van der Waals surface area contributed by atoms with Crippen LogP contribution in [0.15, 0.2) is 41.6 Å². The van der Waals surface area contributed by atoms with Crippen molar-refractivity contribution in [3.8, 4) is 5.75 Å². The lowest BCUT2D eigenvalue weighted by Crippen LogP contribution is -2.43. The first-order chi connectivity index (χ1) is 15.4. The third-order valence-corrected chi connectivity index (χ3v) is 6.67. The number of carbonyl (C=O) groups is 1. The van der Waals surface area contributed by atoms with Gasteiger partial charge in [0.25, 0.3) is 0 Å². The Morgan fingerprint density at radius 3 is 2.30 bits per heavy atom. The highest BCUT2D eigenvalue weighted by Gasteiger charge is 2.67. The fourth-order valence-corrected chi connectivity index (χ4v) is 4.44. The Labute approximate surface area is 194 Å². The number of halogens is 3. The maximum Gasteiger partial charge on any atom is 0.395 e. The number of aryl methyl sites for hydroxylation is 2. The molecule has 8 heteroatoms. The normalized spacial score (nSPS) is 17.4. The molecule has 0 spiro atoms. The minimum absolute atomic E-state index is 0.0174. The van der Waals surface area contributed by atoms with E-state index < -0.39 is 23.4 Å². The number of phenolic OH excluding ortho intramolecular Hbond substituents is 1. The molecule has 5 nitrogen and oxygen atoms in total. The number of alkyl halides is 3. The van der Waals surface area contributed by atoms with Crippen molar-refractivity contribution in [2.75, 3.05) is 20.6 Å². The number of nitrogens with zero attached hydrogens (tertiary/aromatic N) is 2. The maximum atomic E-state index is 13.8. The number of rotatable bonds is 11. The van der Waals surface area contributed by atoms with Crippen LogP contribution in [-0.2, 0) is 11.2 Å². The zero-order valence-corrected chi connectivity index (χ0v) is 19.8. The molecule has 2 rings (SSSR count). The zero-order chi connectivity index (χ0) is 25.0. The predicted octanol–water partition coefficient (Wildman–Crippen LogP) is 4.72. The molecule has 0 saturated heterocycles. The molecular formula is C25H34F3N3O2. The summed E-state index contributed by atoms with van der Waals surface area (Å²) in [4.78, 5) is 18.4. The van der Waals surface area contributed by atoms with Crippen molar-refractivity contribution in [2.45, 2.75) is 51.7 Å². The zero-order valence-electron chi connectivity index (χ0n) is 19.8. The largest absolute Gasteiger partial charge is 0.508 e. The molecule has 2 unspecified atom stereocenters. The van der Waals surface area contributed by atoms with E-state index in [1.807, 2.05) is 32.8 Å². The summed E-state index contributed by atoms with van der Waals surface area (Å²) in [6.45, 7) is 11.1. The molecule has 182 valence electrons. The second kappa shape index (κ2) is 10.5. The first-order valence-corrected chi connectivity index (χ1v) is 10.9. The fourth-order valence-electron chi connectivity index (χ4n) is 4.44. The molecule has 0 bridgehead atoms. The van der Waals surface area contributed by atoms with Crippen molar-refractivity contribution in [3.63, 3.8) is 0 Å². The van der Waals surface area contributed by atoms with Gasteiger partial charge in [0, 0.05) is 31.1 Å². The van der Waals surface area contributed by atoms with E-state index in [0.29, 0.717) is 6.42 Å². The Morgan fingerprint density at radius 1 is 1.30 bits per heavy atom. The van der Waals surface area contributed by atoms with E-state index in [0.717, 1.165) is 16.7 Å². The van der Waals surface area contributed by atoms with Gasteiger partial charge in [-0.1, -0.05) is 12.7 Å². The number of phenols is 1. The smallest absolute Gasteiger partial charge is 0.395 e. The van der Waals surface area contributed by atoms with Crippen molar-refractivity contribution in [1.29, 1.82) is 0 Å². The molecule has 0 aliphatic heterocycles. The number of hydrogen-bond donors (Lipinski definition) is 2. The number of carbonyl (C=O) groups excluding carboxylic acids is 1. The predicted molar refractivity (Wildman–Crippen MR) is 125 cm³/mol. The summed E-state index contributed by atoms with van der Waals surface area (Å²) in [5.74, 6) is -1.30. The summed E-state index contributed by atoms with van der Waals surface area (Å²) >= 11 is 0. The van der Waals surface area contributed by atoms with Gasteiger partial charge in [0.1, 0.15) is 5.75 Å². The van der Waals surface area contributed by atoms with Gasteiger partial charge in [0.2, 0.25) is 5.91 Å². The summed E-state index contributed by atoms with van der Waals surface area (Å²) in [6, 6.07) is 3.32. The minimum atomic E-state index is -4.42. The first-order valence-electron chi connectivity index (χ1n) is 10.9. The van der Waals surface area contributed by atoms with Crippen LogP contribution in [-0.4, -0.2) is 55.5 Å². The van der Waals surface area contributed by atoms with E-state index in [-0.39, 0.29) is 43.2 Å². The first kappa shape index (κ1) is 26.6. The molecule has 1 fully saturated rings. The summed E-state index contributed by atoms with van der Waals surface area (Å²) in [7, 11) is 3.78. The quantitative estimate of drug-likeness (QED) is 0.367. The Kier molecular flexibility index (Phi) is 8.52. The number of aromatic hydroxyl groups is 1. The average Bonchev–Trinajstić information content (AvgIpc) is 3.51. The molecule has 33 heavy (non-hydrogen) atoms. The van der Waals surface area contributed by atoms with Crippen molar-refractivity contribution in [1.82, 2.24) is 10.2 Å². The molecule has 1 amide bonds. The van der Waals surface area contributed by atoms with E-state index in [2.05, 4.69) is 23.6 Å². The van der Waals surface area contributed by atoms with Crippen LogP contribution in [0.5, 0.6) is 5.75 Å². The molecule has 2 N–H and O–H groups in total. The summed E-state index contributed by atoms with van der Waals surface area (Å²) in [5.41, 5.74) is 1.32. The highest BCUT2D eigenvalue weighted by Crippen LogP contribution is 2.64. The van der Waals surface area contributed by atoms with E-state index in [9.17, 15) is 23.1 Å². The number of nitrogens with one attached hydrogen (secondary N) is 1. The lowest BCUT2D eigenvalue weighted by Gasteiger charge is -2.30. The number of hydrogen-bond acceptors (Lipinski definition) is 4. The van der Waals surface area contributed by atoms with Gasteiger partial charge in [-0.05, 0) is 88.3 Å². The van der Waals surface area contributed by atoms with E-state index in [4.69, 9.17) is 0 Å². The molecule has 1 aliphatic rings. The molecule has 0 aromatic heterocycles. The van der Waals surface area contributed by atoms with Gasteiger partial charge in [-0.25, -0.2) is 0 Å². The van der Waals surface area contributed by atoms with Gasteiger partial charge in [-0.3, -0.25) is 9.79 Å². The second-order valence-electron chi connectivity index (χ2n) is 9.11. The molecular weight excluding hydrogens is 431 g/mol. The Morgan fingerprint density at radius 2 is 1.88 bits per heavy atom. The molecule has 1 aromatic rings. The number of benzene rings is 1. The van der Waals surface area contributed by atoms with Crippen LogP contribution in [0.3, 0.4) is 0 Å². The van der Waals surface area contributed by atoms with Crippen molar-refractivity contribution in [3.05, 3.63) is 53.3 Å². The molecule has 0 radical (unpaired) electrons. The van der Waals surface area contributed by atoms with Crippen molar-refractivity contribution >= 4 is 12.6 Å². The molecule has 2 atom stereocenters. The maximum absolute atomic E-state index is 13.8. The highest BCUT2D eigenvalue weighted by atomic mass is 19.4. The highest BCUT2D eigenvalue weighted by molar-refractivity contribution is 5.77. The topological polar surface area (TPSA) is 64.9 Å². The number of aliphatic imine (C=N–C) groups is 1. The molecule has 0 heterocycles. The second-order valence-corrected chi connectivity index (χ2v) is 9.11. The SMILES string of the molecule is C=C/C(=C\N=C)C(CC(=O)NCC(Cc1c(C)cc(O)cc1C)N(C)C)C1(C(F)(F)F)CC1. The van der Waals surface area contributed by atoms with Crippen molar-refractivity contribution in [2.24, 2.45) is 16.3 Å². The molecule has 1 saturated carbocycles. The van der Waals surface area contributed by atoms with E-state index >= 15 is 0 Å².